The van der Waals surface area contributed by atoms with Gasteiger partial charge >= 0.3 is 6.18 Å². The fourth-order valence-corrected chi connectivity index (χ4v) is 1.08. The van der Waals surface area contributed by atoms with Crippen LogP contribution in [0.4, 0.5) is 24.5 Å². The van der Waals surface area contributed by atoms with Crippen molar-refractivity contribution in [3.05, 3.63) is 24.3 Å². The molecule has 0 aromatic heterocycles. The lowest BCUT2D eigenvalue weighted by molar-refractivity contribution is -0.0591. The molecule has 88 valence electrons. The van der Waals surface area contributed by atoms with Gasteiger partial charge in [-0.2, -0.15) is 13.2 Å². The summed E-state index contributed by atoms with van der Waals surface area (Å²) in [5.74, 6) is 0. The molecule has 0 saturated carbocycles. The molecule has 16 heavy (non-hydrogen) atoms. The summed E-state index contributed by atoms with van der Waals surface area (Å²) >= 11 is 0. The first-order valence-corrected chi connectivity index (χ1v) is 4.70. The van der Waals surface area contributed by atoms with Crippen LogP contribution in [0.25, 0.3) is 0 Å². The molecule has 1 rings (SSSR count). The molecule has 0 bridgehead atoms. The number of benzene rings is 1. The molecule has 0 amide bonds. The van der Waals surface area contributed by atoms with Crippen LogP contribution in [0, 0.1) is 0 Å². The van der Waals surface area contributed by atoms with Gasteiger partial charge in [-0.05, 0) is 31.2 Å². The van der Waals surface area contributed by atoms with Crippen molar-refractivity contribution in [1.82, 2.24) is 0 Å². The molecule has 0 atom stereocenters. The Morgan fingerprint density at radius 1 is 1.12 bits per heavy atom. The highest BCUT2D eigenvalue weighted by Gasteiger charge is 2.31. The zero-order valence-corrected chi connectivity index (χ0v) is 9.34. The second-order valence-electron chi connectivity index (χ2n) is 3.61. The van der Waals surface area contributed by atoms with Gasteiger partial charge in [-0.3, -0.25) is 0 Å². The summed E-state index contributed by atoms with van der Waals surface area (Å²) in [7, 11) is 3.72. The van der Waals surface area contributed by atoms with E-state index in [1.807, 2.05) is 19.0 Å². The Kier molecular flexibility index (Phi) is 3.57. The smallest absolute Gasteiger partial charge is 0.378 e. The Balaban J connectivity index is 2.92. The summed E-state index contributed by atoms with van der Waals surface area (Å²) in [4.78, 5) is 5.37. The predicted octanol–water partition coefficient (Wildman–Crippen LogP) is 3.41. The standard InChI is InChI=1S/C11H13F3N2/c1-8(11(12,13)14)15-9-4-6-10(7-5-9)16(2)3/h4-7H,1-3H3. The molecule has 0 N–H and O–H groups in total. The average molecular weight is 230 g/mol. The molecule has 2 nitrogen and oxygen atoms in total. The Bertz CT molecular complexity index is 377. The second kappa shape index (κ2) is 4.55. The Morgan fingerprint density at radius 2 is 1.62 bits per heavy atom. The van der Waals surface area contributed by atoms with E-state index in [1.54, 1.807) is 24.3 Å². The van der Waals surface area contributed by atoms with E-state index in [1.165, 1.54) is 0 Å². The number of aliphatic imine (C=N–C) groups is 1. The summed E-state index contributed by atoms with van der Waals surface area (Å²) in [5, 5.41) is 0. The summed E-state index contributed by atoms with van der Waals surface area (Å²) in [6.45, 7) is 0.958. The van der Waals surface area contributed by atoms with Crippen LogP contribution in [-0.4, -0.2) is 26.0 Å². The van der Waals surface area contributed by atoms with E-state index in [2.05, 4.69) is 4.99 Å². The largest absolute Gasteiger partial charge is 0.429 e. The van der Waals surface area contributed by atoms with Gasteiger partial charge in [0, 0.05) is 19.8 Å². The van der Waals surface area contributed by atoms with Gasteiger partial charge in [0.1, 0.15) is 5.71 Å². The zero-order valence-electron chi connectivity index (χ0n) is 9.34. The van der Waals surface area contributed by atoms with Gasteiger partial charge in [0.2, 0.25) is 0 Å². The number of alkyl halides is 3. The van der Waals surface area contributed by atoms with E-state index < -0.39 is 11.9 Å². The highest BCUT2D eigenvalue weighted by Crippen LogP contribution is 2.23. The molecule has 0 spiro atoms. The SMILES string of the molecule is CC(=Nc1ccc(N(C)C)cc1)C(F)(F)F. The number of rotatable bonds is 2. The molecule has 0 aliphatic heterocycles. The minimum Gasteiger partial charge on any atom is -0.378 e. The summed E-state index contributed by atoms with van der Waals surface area (Å²) in [5.41, 5.74) is 0.383. The maximum absolute atomic E-state index is 12.2. The van der Waals surface area contributed by atoms with Crippen molar-refractivity contribution in [2.75, 3.05) is 19.0 Å². The van der Waals surface area contributed by atoms with Crippen LogP contribution in [-0.2, 0) is 0 Å². The first-order chi connectivity index (χ1) is 7.30. The van der Waals surface area contributed by atoms with Gasteiger partial charge in [-0.15, -0.1) is 0 Å². The first-order valence-electron chi connectivity index (χ1n) is 4.70. The maximum Gasteiger partial charge on any atom is 0.429 e. The molecular formula is C11H13F3N2. The summed E-state index contributed by atoms with van der Waals surface area (Å²) in [6, 6.07) is 6.57. The van der Waals surface area contributed by atoms with Crippen molar-refractivity contribution < 1.29 is 13.2 Å². The fraction of sp³-hybridized carbons (Fsp3) is 0.364. The fourth-order valence-electron chi connectivity index (χ4n) is 1.08. The number of anilines is 1. The van der Waals surface area contributed by atoms with E-state index in [9.17, 15) is 13.2 Å². The molecule has 0 aliphatic carbocycles. The van der Waals surface area contributed by atoms with Crippen molar-refractivity contribution in [2.24, 2.45) is 4.99 Å². The summed E-state index contributed by atoms with van der Waals surface area (Å²) in [6.07, 6.45) is -4.36. The average Bonchev–Trinajstić information content (AvgIpc) is 2.17. The second-order valence-corrected chi connectivity index (χ2v) is 3.61. The maximum atomic E-state index is 12.2. The normalized spacial score (nSPS) is 12.8. The molecule has 1 aromatic carbocycles. The lowest BCUT2D eigenvalue weighted by atomic mass is 10.2. The molecule has 1 aromatic rings. The summed E-state index contributed by atoms with van der Waals surface area (Å²) < 4.78 is 36.6. The minimum atomic E-state index is -4.36. The van der Waals surface area contributed by atoms with Gasteiger partial charge in [0.05, 0.1) is 5.69 Å². The third kappa shape index (κ3) is 3.25. The van der Waals surface area contributed by atoms with Crippen LogP contribution in [0.1, 0.15) is 6.92 Å². The van der Waals surface area contributed by atoms with Gasteiger partial charge < -0.3 is 4.90 Å². The third-order valence-electron chi connectivity index (χ3n) is 2.07. The van der Waals surface area contributed by atoms with Crippen LogP contribution in [0.15, 0.2) is 29.3 Å². The number of hydrogen-bond acceptors (Lipinski definition) is 2. The van der Waals surface area contributed by atoms with E-state index in [-0.39, 0.29) is 0 Å². The Labute approximate surface area is 92.4 Å². The zero-order chi connectivity index (χ0) is 12.3. The van der Waals surface area contributed by atoms with Gasteiger partial charge in [-0.1, -0.05) is 0 Å². The van der Waals surface area contributed by atoms with Crippen LogP contribution in [0.5, 0.6) is 0 Å². The van der Waals surface area contributed by atoms with Gasteiger partial charge in [0.15, 0.2) is 0 Å². The van der Waals surface area contributed by atoms with E-state index >= 15 is 0 Å². The predicted molar refractivity (Wildman–Crippen MR) is 59.6 cm³/mol. The molecule has 0 unspecified atom stereocenters. The Morgan fingerprint density at radius 3 is 2.00 bits per heavy atom. The highest BCUT2D eigenvalue weighted by atomic mass is 19.4. The number of hydrogen-bond donors (Lipinski definition) is 0. The monoisotopic (exact) mass is 230 g/mol. The van der Waals surface area contributed by atoms with Gasteiger partial charge in [-0.25, -0.2) is 4.99 Å². The third-order valence-corrected chi connectivity index (χ3v) is 2.07. The van der Waals surface area contributed by atoms with Crippen LogP contribution >= 0.6 is 0 Å². The minimum absolute atomic E-state index is 0.306. The van der Waals surface area contributed by atoms with E-state index in [0.29, 0.717) is 5.69 Å². The molecule has 0 fully saturated rings. The molecule has 0 heterocycles. The van der Waals surface area contributed by atoms with Crippen molar-refractivity contribution in [1.29, 1.82) is 0 Å². The molecule has 5 heteroatoms. The number of nitrogens with zero attached hydrogens (tertiary/aromatic N) is 2. The first kappa shape index (κ1) is 12.5. The quantitative estimate of drug-likeness (QED) is 0.711. The number of halogens is 3. The Hall–Kier alpha value is -1.52. The lowest BCUT2D eigenvalue weighted by Crippen LogP contribution is -2.18. The lowest BCUT2D eigenvalue weighted by Gasteiger charge is -2.12. The van der Waals surface area contributed by atoms with Gasteiger partial charge in [0.25, 0.3) is 0 Å². The highest BCUT2D eigenvalue weighted by molar-refractivity contribution is 5.89. The van der Waals surface area contributed by atoms with Crippen LogP contribution in [0.2, 0.25) is 0 Å². The van der Waals surface area contributed by atoms with Crippen LogP contribution < -0.4 is 4.90 Å². The molecule has 0 saturated heterocycles. The van der Waals surface area contributed by atoms with Crippen LogP contribution in [0.3, 0.4) is 0 Å². The molecule has 0 radical (unpaired) electrons. The van der Waals surface area contributed by atoms with E-state index in [4.69, 9.17) is 0 Å². The molecule has 0 aliphatic rings. The van der Waals surface area contributed by atoms with Crippen molar-refractivity contribution >= 4 is 17.1 Å². The topological polar surface area (TPSA) is 15.6 Å². The van der Waals surface area contributed by atoms with Crippen molar-refractivity contribution in [3.8, 4) is 0 Å². The van der Waals surface area contributed by atoms with Crippen molar-refractivity contribution in [3.63, 3.8) is 0 Å². The molecular weight excluding hydrogens is 217 g/mol. The van der Waals surface area contributed by atoms with E-state index in [0.717, 1.165) is 12.6 Å². The van der Waals surface area contributed by atoms with Crippen molar-refractivity contribution in [2.45, 2.75) is 13.1 Å².